The SMILES string of the molecule is CCOCC(C)Nc1cccc(F)c1C. The zero-order valence-electron chi connectivity index (χ0n) is 9.51. The van der Waals surface area contributed by atoms with Gasteiger partial charge in [0.1, 0.15) is 5.82 Å². The summed E-state index contributed by atoms with van der Waals surface area (Å²) in [5, 5.41) is 3.22. The van der Waals surface area contributed by atoms with Crippen LogP contribution in [0, 0.1) is 12.7 Å². The van der Waals surface area contributed by atoms with Crippen molar-refractivity contribution >= 4 is 5.69 Å². The van der Waals surface area contributed by atoms with Gasteiger partial charge >= 0.3 is 0 Å². The molecule has 0 radical (unpaired) electrons. The number of benzene rings is 1. The normalized spacial score (nSPS) is 12.5. The molecule has 0 saturated heterocycles. The molecule has 3 heteroatoms. The average Bonchev–Trinajstić information content (AvgIpc) is 2.22. The van der Waals surface area contributed by atoms with Crippen molar-refractivity contribution in [3.05, 3.63) is 29.6 Å². The van der Waals surface area contributed by atoms with Crippen molar-refractivity contribution in [1.82, 2.24) is 0 Å². The summed E-state index contributed by atoms with van der Waals surface area (Å²) < 4.78 is 18.5. The third kappa shape index (κ3) is 3.51. The fourth-order valence-corrected chi connectivity index (χ4v) is 1.37. The molecule has 0 saturated carbocycles. The number of hydrogen-bond donors (Lipinski definition) is 1. The third-order valence-electron chi connectivity index (χ3n) is 2.24. The predicted molar refractivity (Wildman–Crippen MR) is 60.7 cm³/mol. The van der Waals surface area contributed by atoms with Gasteiger partial charge in [-0.05, 0) is 32.9 Å². The fraction of sp³-hybridized carbons (Fsp3) is 0.500. The Hall–Kier alpha value is -1.09. The fourth-order valence-electron chi connectivity index (χ4n) is 1.37. The van der Waals surface area contributed by atoms with Gasteiger partial charge in [0, 0.05) is 23.9 Å². The van der Waals surface area contributed by atoms with E-state index in [4.69, 9.17) is 4.74 Å². The summed E-state index contributed by atoms with van der Waals surface area (Å²) >= 11 is 0. The van der Waals surface area contributed by atoms with Crippen LogP contribution in [0.5, 0.6) is 0 Å². The van der Waals surface area contributed by atoms with Crippen LogP contribution in [-0.4, -0.2) is 19.3 Å². The van der Waals surface area contributed by atoms with Crippen LogP contribution in [-0.2, 0) is 4.74 Å². The molecule has 0 spiro atoms. The van der Waals surface area contributed by atoms with Crippen LogP contribution in [0.15, 0.2) is 18.2 Å². The largest absolute Gasteiger partial charge is 0.380 e. The number of rotatable bonds is 5. The second-order valence-electron chi connectivity index (χ2n) is 3.62. The lowest BCUT2D eigenvalue weighted by Gasteiger charge is -2.16. The monoisotopic (exact) mass is 211 g/mol. The van der Waals surface area contributed by atoms with Crippen LogP contribution in [0.25, 0.3) is 0 Å². The van der Waals surface area contributed by atoms with Crippen molar-refractivity contribution in [3.63, 3.8) is 0 Å². The molecule has 1 atom stereocenters. The molecule has 0 fully saturated rings. The second-order valence-corrected chi connectivity index (χ2v) is 3.62. The summed E-state index contributed by atoms with van der Waals surface area (Å²) in [5.41, 5.74) is 1.49. The average molecular weight is 211 g/mol. The Kier molecular flexibility index (Phi) is 4.56. The first-order valence-electron chi connectivity index (χ1n) is 5.24. The van der Waals surface area contributed by atoms with Crippen LogP contribution in [0.4, 0.5) is 10.1 Å². The van der Waals surface area contributed by atoms with E-state index in [1.807, 2.05) is 19.9 Å². The maximum absolute atomic E-state index is 13.2. The van der Waals surface area contributed by atoms with Gasteiger partial charge < -0.3 is 10.1 Å². The number of hydrogen-bond acceptors (Lipinski definition) is 2. The van der Waals surface area contributed by atoms with Crippen molar-refractivity contribution < 1.29 is 9.13 Å². The molecule has 0 bridgehead atoms. The molecule has 1 unspecified atom stereocenters. The van der Waals surface area contributed by atoms with E-state index >= 15 is 0 Å². The Bertz CT molecular complexity index is 314. The first-order chi connectivity index (χ1) is 7.15. The highest BCUT2D eigenvalue weighted by Gasteiger charge is 2.06. The summed E-state index contributed by atoms with van der Waals surface area (Å²) in [4.78, 5) is 0. The molecule has 1 rings (SSSR count). The molecule has 0 aliphatic heterocycles. The zero-order chi connectivity index (χ0) is 11.3. The van der Waals surface area contributed by atoms with Gasteiger partial charge in [0.15, 0.2) is 0 Å². The Balaban J connectivity index is 2.60. The lowest BCUT2D eigenvalue weighted by atomic mass is 10.1. The van der Waals surface area contributed by atoms with Crippen LogP contribution in [0.2, 0.25) is 0 Å². The van der Waals surface area contributed by atoms with Gasteiger partial charge in [0.25, 0.3) is 0 Å². The van der Waals surface area contributed by atoms with Crippen molar-refractivity contribution in [2.45, 2.75) is 26.8 Å². The Morgan fingerprint density at radius 3 is 2.87 bits per heavy atom. The highest BCUT2D eigenvalue weighted by molar-refractivity contribution is 5.51. The minimum atomic E-state index is -0.177. The molecule has 1 aromatic rings. The minimum absolute atomic E-state index is 0.177. The van der Waals surface area contributed by atoms with Gasteiger partial charge in [-0.2, -0.15) is 0 Å². The predicted octanol–water partition coefficient (Wildman–Crippen LogP) is 2.97. The smallest absolute Gasteiger partial charge is 0.128 e. The molecule has 15 heavy (non-hydrogen) atoms. The molecule has 0 aromatic heterocycles. The molecule has 1 N–H and O–H groups in total. The van der Waals surface area contributed by atoms with Crippen LogP contribution >= 0.6 is 0 Å². The number of halogens is 1. The molecule has 0 aliphatic carbocycles. The van der Waals surface area contributed by atoms with Crippen LogP contribution in [0.3, 0.4) is 0 Å². The van der Waals surface area contributed by atoms with Crippen molar-refractivity contribution in [2.24, 2.45) is 0 Å². The Morgan fingerprint density at radius 1 is 1.47 bits per heavy atom. The molecule has 0 aliphatic rings. The topological polar surface area (TPSA) is 21.3 Å². The van der Waals surface area contributed by atoms with E-state index in [9.17, 15) is 4.39 Å². The Labute approximate surface area is 90.4 Å². The maximum atomic E-state index is 13.2. The molecular formula is C12H18FNO. The third-order valence-corrected chi connectivity index (χ3v) is 2.24. The summed E-state index contributed by atoms with van der Waals surface area (Å²) in [7, 11) is 0. The van der Waals surface area contributed by atoms with Crippen molar-refractivity contribution in [2.75, 3.05) is 18.5 Å². The summed E-state index contributed by atoms with van der Waals surface area (Å²) in [6, 6.07) is 5.23. The molecule has 84 valence electrons. The number of nitrogens with one attached hydrogen (secondary N) is 1. The zero-order valence-corrected chi connectivity index (χ0v) is 9.51. The number of ether oxygens (including phenoxy) is 1. The first kappa shape index (κ1) is 12.0. The van der Waals surface area contributed by atoms with E-state index in [2.05, 4.69) is 5.32 Å². The highest BCUT2D eigenvalue weighted by atomic mass is 19.1. The summed E-state index contributed by atoms with van der Waals surface area (Å²) in [6.45, 7) is 7.08. The lowest BCUT2D eigenvalue weighted by Crippen LogP contribution is -2.22. The van der Waals surface area contributed by atoms with E-state index in [0.29, 0.717) is 18.8 Å². The van der Waals surface area contributed by atoms with E-state index in [1.54, 1.807) is 13.0 Å². The van der Waals surface area contributed by atoms with E-state index in [1.165, 1.54) is 6.07 Å². The maximum Gasteiger partial charge on any atom is 0.128 e. The minimum Gasteiger partial charge on any atom is -0.380 e. The summed E-state index contributed by atoms with van der Waals surface area (Å²) in [5.74, 6) is -0.177. The van der Waals surface area contributed by atoms with Gasteiger partial charge in [-0.1, -0.05) is 6.07 Å². The van der Waals surface area contributed by atoms with Gasteiger partial charge in [0.05, 0.1) is 6.61 Å². The molecule has 0 amide bonds. The van der Waals surface area contributed by atoms with E-state index in [0.717, 1.165) is 5.69 Å². The van der Waals surface area contributed by atoms with Crippen LogP contribution < -0.4 is 5.32 Å². The number of anilines is 1. The molecule has 1 aromatic carbocycles. The standard InChI is InChI=1S/C12H18FNO/c1-4-15-8-9(2)14-12-7-5-6-11(13)10(12)3/h5-7,9,14H,4,8H2,1-3H3. The quantitative estimate of drug-likeness (QED) is 0.808. The van der Waals surface area contributed by atoms with E-state index in [-0.39, 0.29) is 11.9 Å². The van der Waals surface area contributed by atoms with E-state index < -0.39 is 0 Å². The van der Waals surface area contributed by atoms with Gasteiger partial charge in [0.2, 0.25) is 0 Å². The molecule has 0 heterocycles. The molecular weight excluding hydrogens is 193 g/mol. The molecule has 2 nitrogen and oxygen atoms in total. The van der Waals surface area contributed by atoms with Crippen LogP contribution in [0.1, 0.15) is 19.4 Å². The summed E-state index contributed by atoms with van der Waals surface area (Å²) in [6.07, 6.45) is 0. The highest BCUT2D eigenvalue weighted by Crippen LogP contribution is 2.18. The second kappa shape index (κ2) is 5.71. The van der Waals surface area contributed by atoms with Gasteiger partial charge in [-0.25, -0.2) is 4.39 Å². The Morgan fingerprint density at radius 2 is 2.20 bits per heavy atom. The van der Waals surface area contributed by atoms with Gasteiger partial charge in [-0.15, -0.1) is 0 Å². The van der Waals surface area contributed by atoms with Gasteiger partial charge in [-0.3, -0.25) is 0 Å². The van der Waals surface area contributed by atoms with Crippen molar-refractivity contribution in [3.8, 4) is 0 Å². The van der Waals surface area contributed by atoms with Crippen molar-refractivity contribution in [1.29, 1.82) is 0 Å². The first-order valence-corrected chi connectivity index (χ1v) is 5.24. The lowest BCUT2D eigenvalue weighted by molar-refractivity contribution is 0.141.